The Balaban J connectivity index is 1.74. The van der Waals surface area contributed by atoms with Gasteiger partial charge in [0.25, 0.3) is 5.91 Å². The monoisotopic (exact) mass is 397 g/mol. The quantitative estimate of drug-likeness (QED) is 0.405. The van der Waals surface area contributed by atoms with Crippen LogP contribution in [-0.2, 0) is 23.9 Å². The summed E-state index contributed by atoms with van der Waals surface area (Å²) in [5.41, 5.74) is 0.633. The number of nitrogens with one attached hydrogen (secondary N) is 1. The molecule has 1 aliphatic heterocycles. The van der Waals surface area contributed by atoms with E-state index in [2.05, 4.69) is 10.1 Å². The Labute approximate surface area is 161 Å². The van der Waals surface area contributed by atoms with Crippen molar-refractivity contribution in [3.05, 3.63) is 28.8 Å². The number of halogens is 1. The van der Waals surface area contributed by atoms with Crippen molar-refractivity contribution < 1.29 is 33.3 Å². The number of esters is 2. The van der Waals surface area contributed by atoms with Crippen molar-refractivity contribution in [1.29, 1.82) is 0 Å². The highest BCUT2D eigenvalue weighted by molar-refractivity contribution is 6.32. The Hall–Kier alpha value is -2.74. The first-order valence-corrected chi connectivity index (χ1v) is 8.65. The van der Waals surface area contributed by atoms with Gasteiger partial charge in [0.05, 0.1) is 12.1 Å². The molecule has 0 saturated carbocycles. The van der Waals surface area contributed by atoms with Gasteiger partial charge >= 0.3 is 11.9 Å². The van der Waals surface area contributed by atoms with Crippen molar-refractivity contribution in [1.82, 2.24) is 5.32 Å². The summed E-state index contributed by atoms with van der Waals surface area (Å²) in [6.45, 7) is 0.729. The second-order valence-electron chi connectivity index (χ2n) is 5.50. The summed E-state index contributed by atoms with van der Waals surface area (Å²) < 4.78 is 20.2. The second kappa shape index (κ2) is 10.4. The van der Waals surface area contributed by atoms with Crippen molar-refractivity contribution in [2.24, 2.45) is 0 Å². The number of fused-ring (bicyclic) bond motifs is 1. The van der Waals surface area contributed by atoms with Crippen LogP contribution in [-0.4, -0.2) is 51.3 Å². The third kappa shape index (κ3) is 6.82. The van der Waals surface area contributed by atoms with Gasteiger partial charge < -0.3 is 24.3 Å². The van der Waals surface area contributed by atoms with Gasteiger partial charge in [0, 0.05) is 19.0 Å². The molecular weight excluding hydrogens is 378 g/mol. The summed E-state index contributed by atoms with van der Waals surface area (Å²) in [5, 5.41) is 2.92. The molecule has 1 aromatic carbocycles. The average Bonchev–Trinajstić information content (AvgIpc) is 2.67. The Morgan fingerprint density at radius 3 is 2.81 bits per heavy atom. The molecule has 1 heterocycles. The van der Waals surface area contributed by atoms with Crippen LogP contribution in [0.5, 0.6) is 11.5 Å². The first kappa shape index (κ1) is 20.6. The highest BCUT2D eigenvalue weighted by Gasteiger charge is 2.16. The Morgan fingerprint density at radius 2 is 2.04 bits per heavy atom. The maximum absolute atomic E-state index is 11.7. The fourth-order valence-electron chi connectivity index (χ4n) is 2.19. The summed E-state index contributed by atoms with van der Waals surface area (Å²) >= 11 is 6.12. The standard InChI is InChI=1S/C18H20ClNO7/c1-24-16(22)3-2-6-20-15(21)11-27-17(23)5-4-12-9-13(19)18-14(10-12)25-7-8-26-18/h4-5,9-10H,2-3,6-8,11H2,1H3,(H,20,21)/b5-4+. The lowest BCUT2D eigenvalue weighted by atomic mass is 10.2. The molecule has 0 radical (unpaired) electrons. The van der Waals surface area contributed by atoms with E-state index in [0.29, 0.717) is 41.7 Å². The maximum atomic E-state index is 11.7. The van der Waals surface area contributed by atoms with E-state index < -0.39 is 18.5 Å². The zero-order chi connectivity index (χ0) is 19.6. The molecule has 0 aromatic heterocycles. The first-order chi connectivity index (χ1) is 13.0. The molecule has 0 aliphatic carbocycles. The number of methoxy groups -OCH3 is 1. The van der Waals surface area contributed by atoms with Gasteiger partial charge in [0.2, 0.25) is 0 Å². The van der Waals surface area contributed by atoms with Gasteiger partial charge in [-0.3, -0.25) is 9.59 Å². The van der Waals surface area contributed by atoms with Crippen LogP contribution in [0.4, 0.5) is 0 Å². The summed E-state index contributed by atoms with van der Waals surface area (Å²) in [6.07, 6.45) is 3.33. The molecule has 0 fully saturated rings. The fraction of sp³-hybridized carbons (Fsp3) is 0.389. The highest BCUT2D eigenvalue weighted by Crippen LogP contribution is 2.38. The lowest BCUT2D eigenvalue weighted by Crippen LogP contribution is -2.29. The Bertz CT molecular complexity index is 733. The number of rotatable bonds is 8. The van der Waals surface area contributed by atoms with Crippen LogP contribution in [0.15, 0.2) is 18.2 Å². The number of hydrogen-bond acceptors (Lipinski definition) is 7. The molecule has 0 saturated heterocycles. The predicted octanol–water partition coefficient (Wildman–Crippen LogP) is 1.74. The van der Waals surface area contributed by atoms with Gasteiger partial charge in [-0.05, 0) is 30.2 Å². The number of carbonyl (C=O) groups is 3. The number of carbonyl (C=O) groups excluding carboxylic acids is 3. The van der Waals surface area contributed by atoms with Gasteiger partial charge in [-0.25, -0.2) is 4.79 Å². The van der Waals surface area contributed by atoms with E-state index >= 15 is 0 Å². The molecule has 0 atom stereocenters. The van der Waals surface area contributed by atoms with Crippen LogP contribution < -0.4 is 14.8 Å². The topological polar surface area (TPSA) is 100 Å². The lowest BCUT2D eigenvalue weighted by Gasteiger charge is -2.19. The van der Waals surface area contributed by atoms with Gasteiger partial charge in [0.1, 0.15) is 13.2 Å². The molecule has 1 aromatic rings. The molecule has 27 heavy (non-hydrogen) atoms. The molecule has 1 aliphatic rings. The van der Waals surface area contributed by atoms with E-state index in [1.807, 2.05) is 0 Å². The van der Waals surface area contributed by atoms with Gasteiger partial charge in [-0.15, -0.1) is 0 Å². The maximum Gasteiger partial charge on any atom is 0.331 e. The van der Waals surface area contributed by atoms with Crippen molar-refractivity contribution in [2.45, 2.75) is 12.8 Å². The molecule has 146 valence electrons. The van der Waals surface area contributed by atoms with E-state index in [0.717, 1.165) is 0 Å². The van der Waals surface area contributed by atoms with Crippen LogP contribution in [0.25, 0.3) is 6.08 Å². The molecule has 9 heteroatoms. The zero-order valence-corrected chi connectivity index (χ0v) is 15.5. The van der Waals surface area contributed by atoms with Crippen molar-refractivity contribution in [2.75, 3.05) is 33.5 Å². The number of benzene rings is 1. The summed E-state index contributed by atoms with van der Waals surface area (Å²) in [7, 11) is 1.30. The van der Waals surface area contributed by atoms with E-state index in [-0.39, 0.29) is 18.9 Å². The summed E-state index contributed by atoms with van der Waals surface area (Å²) in [6, 6.07) is 3.32. The van der Waals surface area contributed by atoms with E-state index in [9.17, 15) is 14.4 Å². The van der Waals surface area contributed by atoms with Crippen LogP contribution in [0, 0.1) is 0 Å². The second-order valence-corrected chi connectivity index (χ2v) is 5.90. The third-order valence-corrected chi connectivity index (χ3v) is 3.76. The molecule has 0 unspecified atom stereocenters. The van der Waals surface area contributed by atoms with Gasteiger partial charge in [0.15, 0.2) is 18.1 Å². The van der Waals surface area contributed by atoms with E-state index in [4.69, 9.17) is 25.8 Å². The molecule has 2 rings (SSSR count). The lowest BCUT2D eigenvalue weighted by molar-refractivity contribution is -0.143. The molecule has 1 N–H and O–H groups in total. The summed E-state index contributed by atoms with van der Waals surface area (Å²) in [5.74, 6) is -0.491. The van der Waals surface area contributed by atoms with Crippen molar-refractivity contribution >= 4 is 35.5 Å². The fourth-order valence-corrected chi connectivity index (χ4v) is 2.46. The van der Waals surface area contributed by atoms with Crippen LogP contribution in [0.1, 0.15) is 18.4 Å². The largest absolute Gasteiger partial charge is 0.486 e. The van der Waals surface area contributed by atoms with Gasteiger partial charge in [-0.1, -0.05) is 11.6 Å². The van der Waals surface area contributed by atoms with Crippen LogP contribution in [0.3, 0.4) is 0 Å². The van der Waals surface area contributed by atoms with Gasteiger partial charge in [-0.2, -0.15) is 0 Å². The van der Waals surface area contributed by atoms with E-state index in [1.165, 1.54) is 19.3 Å². The average molecular weight is 398 g/mol. The Kier molecular flexibility index (Phi) is 7.94. The summed E-state index contributed by atoms with van der Waals surface area (Å²) in [4.78, 5) is 34.2. The van der Waals surface area contributed by atoms with Crippen LogP contribution in [0.2, 0.25) is 5.02 Å². The van der Waals surface area contributed by atoms with Crippen LogP contribution >= 0.6 is 11.6 Å². The normalized spacial score (nSPS) is 12.5. The molecular formula is C18H20ClNO7. The number of amides is 1. The van der Waals surface area contributed by atoms with E-state index in [1.54, 1.807) is 12.1 Å². The number of hydrogen-bond donors (Lipinski definition) is 1. The highest BCUT2D eigenvalue weighted by atomic mass is 35.5. The zero-order valence-electron chi connectivity index (χ0n) is 14.8. The minimum Gasteiger partial charge on any atom is -0.486 e. The number of ether oxygens (including phenoxy) is 4. The third-order valence-electron chi connectivity index (χ3n) is 3.48. The minimum absolute atomic E-state index is 0.206. The minimum atomic E-state index is -0.675. The first-order valence-electron chi connectivity index (χ1n) is 8.27. The molecule has 0 spiro atoms. The molecule has 1 amide bonds. The van der Waals surface area contributed by atoms with Crippen molar-refractivity contribution in [3.63, 3.8) is 0 Å². The van der Waals surface area contributed by atoms with Crippen molar-refractivity contribution in [3.8, 4) is 11.5 Å². The molecule has 0 bridgehead atoms. The molecule has 8 nitrogen and oxygen atoms in total. The SMILES string of the molecule is COC(=O)CCCNC(=O)COC(=O)/C=C/c1cc(Cl)c2c(c1)OCCO2. The predicted molar refractivity (Wildman–Crippen MR) is 96.7 cm³/mol. The smallest absolute Gasteiger partial charge is 0.331 e. The Morgan fingerprint density at radius 1 is 1.26 bits per heavy atom.